The number of amides is 2. The number of rotatable bonds is 63. The number of carbonyl (C=O) groups is 6. The van der Waals surface area contributed by atoms with Crippen LogP contribution < -0.4 is 0 Å². The summed E-state index contributed by atoms with van der Waals surface area (Å²) in [5.74, 6) is -0.639. The highest BCUT2D eigenvalue weighted by Gasteiger charge is 2.27. The molecule has 0 aliphatic heterocycles. The third kappa shape index (κ3) is 58.5. The van der Waals surface area contributed by atoms with Crippen LogP contribution in [0.15, 0.2) is 0 Å². The summed E-state index contributed by atoms with van der Waals surface area (Å²) < 4.78 is 73.2. The smallest absolute Gasteiger partial charge is 0.410 e. The molecule has 3 unspecified atom stereocenters. The molecule has 3 atom stereocenters. The lowest BCUT2D eigenvalue weighted by atomic mass is 9.96. The van der Waals surface area contributed by atoms with Gasteiger partial charge in [0.1, 0.15) is 43.6 Å². The van der Waals surface area contributed by atoms with Crippen LogP contribution in [0.1, 0.15) is 249 Å². The molecular formula is C70H132N2O19. The molecule has 0 bridgehead atoms. The molecule has 0 aromatic heterocycles. The van der Waals surface area contributed by atoms with Crippen LogP contribution in [0.2, 0.25) is 0 Å². The van der Waals surface area contributed by atoms with Crippen molar-refractivity contribution in [2.24, 2.45) is 11.8 Å². The Morgan fingerprint density at radius 3 is 1.14 bits per heavy atom. The van der Waals surface area contributed by atoms with Gasteiger partial charge in [0.2, 0.25) is 0 Å². The first-order valence-corrected chi connectivity index (χ1v) is 35.3. The molecule has 21 heteroatoms. The van der Waals surface area contributed by atoms with Crippen LogP contribution in [-0.4, -0.2) is 202 Å². The molecule has 0 spiro atoms. The molecule has 2 amide bonds. The van der Waals surface area contributed by atoms with Crippen molar-refractivity contribution in [3.63, 3.8) is 0 Å². The summed E-state index contributed by atoms with van der Waals surface area (Å²) in [5.41, 5.74) is -1.64. The van der Waals surface area contributed by atoms with Crippen molar-refractivity contribution >= 4 is 36.1 Å². The van der Waals surface area contributed by atoms with E-state index in [1.807, 2.05) is 0 Å². The normalized spacial score (nSPS) is 12.7. The fourth-order valence-corrected chi connectivity index (χ4v) is 9.49. The second kappa shape index (κ2) is 59.9. The van der Waals surface area contributed by atoms with Crippen molar-refractivity contribution in [1.29, 1.82) is 0 Å². The van der Waals surface area contributed by atoms with Gasteiger partial charge >= 0.3 is 36.1 Å². The lowest BCUT2D eigenvalue weighted by molar-refractivity contribution is -0.148. The number of carbonyl (C=O) groups excluding carboxylic acids is 6. The summed E-state index contributed by atoms with van der Waals surface area (Å²) in [6.45, 7) is 23.2. The number of ether oxygens (including phenoxy) is 13. The first-order chi connectivity index (χ1) is 43.8. The zero-order valence-electron chi connectivity index (χ0n) is 59.3. The highest BCUT2D eigenvalue weighted by Crippen LogP contribution is 2.21. The van der Waals surface area contributed by atoms with Gasteiger partial charge in [-0.25, -0.2) is 9.59 Å². The van der Waals surface area contributed by atoms with Crippen LogP contribution in [0, 0.1) is 11.8 Å². The molecule has 536 valence electrons. The van der Waals surface area contributed by atoms with Crippen molar-refractivity contribution in [1.82, 2.24) is 9.80 Å². The van der Waals surface area contributed by atoms with Crippen LogP contribution in [0.5, 0.6) is 0 Å². The maximum atomic E-state index is 13.0. The van der Waals surface area contributed by atoms with E-state index in [2.05, 4.69) is 27.7 Å². The van der Waals surface area contributed by atoms with Crippen molar-refractivity contribution in [2.75, 3.05) is 139 Å². The molecule has 0 aliphatic rings. The SMILES string of the molecule is CCCCCCC(CCCC)COC(=O)CCCCCCCOCC(COCCOCCOCCOCCOC(=O)CN(CCOC(=O)CN(CCOC)C(=O)OC(C)(C)C)C(=O)OC(C)(C)C)OCCCCCCCC(=O)OCC(CCCC)CCCCCC. The Labute approximate surface area is 551 Å². The molecule has 0 saturated carbocycles. The van der Waals surface area contributed by atoms with E-state index in [9.17, 15) is 28.8 Å². The van der Waals surface area contributed by atoms with Crippen LogP contribution in [-0.2, 0) is 80.8 Å². The molecule has 0 rings (SSSR count). The van der Waals surface area contributed by atoms with Crippen molar-refractivity contribution in [3.05, 3.63) is 0 Å². The highest BCUT2D eigenvalue weighted by molar-refractivity contribution is 5.79. The number of hydrogen-bond donors (Lipinski definition) is 0. The quantitative estimate of drug-likeness (QED) is 0.0313. The van der Waals surface area contributed by atoms with Gasteiger partial charge in [-0.2, -0.15) is 0 Å². The number of hydrogen-bond acceptors (Lipinski definition) is 19. The number of esters is 4. The van der Waals surface area contributed by atoms with E-state index in [4.69, 9.17) is 61.6 Å². The number of methoxy groups -OCH3 is 1. The Hall–Kier alpha value is -3.86. The van der Waals surface area contributed by atoms with Gasteiger partial charge in [0, 0.05) is 39.7 Å². The summed E-state index contributed by atoms with van der Waals surface area (Å²) in [4.78, 5) is 78.4. The minimum Gasteiger partial charge on any atom is -0.465 e. The first-order valence-electron chi connectivity index (χ1n) is 35.3. The van der Waals surface area contributed by atoms with E-state index >= 15 is 0 Å². The van der Waals surface area contributed by atoms with E-state index in [0.29, 0.717) is 97.4 Å². The fraction of sp³-hybridized carbons (Fsp3) is 0.914. The standard InChI is InChI=1S/C70H132N2O19/c1-12-16-20-28-36-60(34-18-14-3)56-88-63(73)38-30-24-22-26-32-42-83-58-62(85-43-33-27-23-25-31-39-64(74)89-57-61(35-19-15-4)37-29-21-17-13-2)59-84-51-50-81-47-46-80-48-49-82-52-53-87-66(76)55-72(68(78)91-70(8,9)10)41-45-86-65(75)54-71(40-44-79-11)67(77)90-69(5,6)7/h60-62H,12-59H2,1-11H3. The fourth-order valence-electron chi connectivity index (χ4n) is 9.49. The Morgan fingerprint density at radius 2 is 0.703 bits per heavy atom. The summed E-state index contributed by atoms with van der Waals surface area (Å²) >= 11 is 0. The number of unbranched alkanes of at least 4 members (excludes halogenated alkanes) is 16. The maximum Gasteiger partial charge on any atom is 0.410 e. The third-order valence-electron chi connectivity index (χ3n) is 14.7. The van der Waals surface area contributed by atoms with Crippen LogP contribution >= 0.6 is 0 Å². The molecule has 0 saturated heterocycles. The molecule has 0 radical (unpaired) electrons. The largest absolute Gasteiger partial charge is 0.465 e. The summed E-state index contributed by atoms with van der Waals surface area (Å²) in [6, 6.07) is 0. The summed E-state index contributed by atoms with van der Waals surface area (Å²) in [5, 5.41) is 0. The molecule has 0 fully saturated rings. The highest BCUT2D eigenvalue weighted by atomic mass is 16.6. The van der Waals surface area contributed by atoms with Crippen molar-refractivity contribution < 1.29 is 90.3 Å². The molecule has 21 nitrogen and oxygen atoms in total. The van der Waals surface area contributed by atoms with Gasteiger partial charge < -0.3 is 61.6 Å². The molecule has 0 heterocycles. The Kier molecular flexibility index (Phi) is 57.3. The predicted molar refractivity (Wildman–Crippen MR) is 354 cm³/mol. The van der Waals surface area contributed by atoms with E-state index in [1.165, 1.54) is 84.2 Å². The Morgan fingerprint density at radius 1 is 0.341 bits per heavy atom. The molecule has 0 aromatic rings. The lowest BCUT2D eigenvalue weighted by Gasteiger charge is -2.27. The maximum absolute atomic E-state index is 13.0. The monoisotopic (exact) mass is 1300 g/mol. The topological polar surface area (TPSA) is 229 Å². The van der Waals surface area contributed by atoms with Gasteiger partial charge in [-0.15, -0.1) is 0 Å². The third-order valence-corrected chi connectivity index (χ3v) is 14.7. The predicted octanol–water partition coefficient (Wildman–Crippen LogP) is 14.0. The Bertz CT molecular complexity index is 1760. The molecule has 91 heavy (non-hydrogen) atoms. The first kappa shape index (κ1) is 87.1. The minimum absolute atomic E-state index is 0.0668. The van der Waals surface area contributed by atoms with Crippen LogP contribution in [0.3, 0.4) is 0 Å². The number of nitrogens with zero attached hydrogens (tertiary/aromatic N) is 2. The van der Waals surface area contributed by atoms with Crippen LogP contribution in [0.25, 0.3) is 0 Å². The van der Waals surface area contributed by atoms with Crippen LogP contribution in [0.4, 0.5) is 9.59 Å². The van der Waals surface area contributed by atoms with Gasteiger partial charge in [0.15, 0.2) is 0 Å². The van der Waals surface area contributed by atoms with E-state index in [1.54, 1.807) is 41.5 Å². The Balaban J connectivity index is 4.77. The molecular weight excluding hydrogens is 1170 g/mol. The van der Waals surface area contributed by atoms with E-state index in [-0.39, 0.29) is 64.2 Å². The zero-order chi connectivity index (χ0) is 67.5. The second-order valence-corrected chi connectivity index (χ2v) is 25.8. The molecule has 0 aliphatic carbocycles. The average Bonchev–Trinajstić information content (AvgIpc) is 3.71. The van der Waals surface area contributed by atoms with E-state index < -0.39 is 48.4 Å². The minimum atomic E-state index is -0.858. The summed E-state index contributed by atoms with van der Waals surface area (Å²) in [7, 11) is 1.47. The molecule has 0 aromatic carbocycles. The average molecular weight is 1310 g/mol. The van der Waals surface area contributed by atoms with Gasteiger partial charge in [-0.3, -0.25) is 29.0 Å². The lowest BCUT2D eigenvalue weighted by Crippen LogP contribution is -2.43. The van der Waals surface area contributed by atoms with E-state index in [0.717, 1.165) is 99.7 Å². The summed E-state index contributed by atoms with van der Waals surface area (Å²) in [6.07, 6.45) is 28.0. The van der Waals surface area contributed by atoms with Gasteiger partial charge in [-0.05, 0) is 105 Å². The zero-order valence-corrected chi connectivity index (χ0v) is 59.3. The van der Waals surface area contributed by atoms with Gasteiger partial charge in [0.25, 0.3) is 0 Å². The van der Waals surface area contributed by atoms with Gasteiger partial charge in [0.05, 0.1) is 85.8 Å². The van der Waals surface area contributed by atoms with Crippen molar-refractivity contribution in [2.45, 2.75) is 266 Å². The van der Waals surface area contributed by atoms with Crippen molar-refractivity contribution in [3.8, 4) is 0 Å². The molecule has 0 N–H and O–H groups in total. The van der Waals surface area contributed by atoms with Gasteiger partial charge in [-0.1, -0.05) is 143 Å². The second-order valence-electron chi connectivity index (χ2n) is 25.8.